The minimum Gasteiger partial charge on any atom is -0.380 e. The third kappa shape index (κ3) is 3.71. The monoisotopic (exact) mass is 193 g/mol. The van der Waals surface area contributed by atoms with Crippen LogP contribution in [0.15, 0.2) is 24.3 Å². The molecule has 1 aromatic carbocycles. The van der Waals surface area contributed by atoms with Gasteiger partial charge in [-0.05, 0) is 12.5 Å². The van der Waals surface area contributed by atoms with Crippen LogP contribution in [0.2, 0.25) is 0 Å². The molecule has 0 saturated carbocycles. The van der Waals surface area contributed by atoms with Crippen LogP contribution in [0.1, 0.15) is 31.9 Å². The van der Waals surface area contributed by atoms with Crippen LogP contribution in [0.4, 0.5) is 0 Å². The van der Waals surface area contributed by atoms with E-state index in [1.165, 1.54) is 0 Å². The van der Waals surface area contributed by atoms with E-state index in [1.54, 1.807) is 14.0 Å². The number of hydrogen-bond donors (Lipinski definition) is 1. The molecule has 1 rings (SSSR count). The fourth-order valence-corrected chi connectivity index (χ4v) is 1.17. The molecule has 1 aromatic rings. The van der Waals surface area contributed by atoms with Crippen molar-refractivity contribution in [3.8, 4) is 0 Å². The van der Waals surface area contributed by atoms with Crippen LogP contribution in [0.3, 0.4) is 0 Å². The Morgan fingerprint density at radius 1 is 1.29 bits per heavy atom. The molecular formula is C12H19NO. The van der Waals surface area contributed by atoms with Gasteiger partial charge < -0.3 is 10.1 Å². The standard InChI is InChI=1S/C10H13NO.C2H6/c1-8(11)10-6-4-3-5-9(10)7-12-2;1-2/h3-6,11H,7H2,1-2H3;1-2H3. The summed E-state index contributed by atoms with van der Waals surface area (Å²) in [4.78, 5) is 0. The van der Waals surface area contributed by atoms with Crippen LogP contribution in [0, 0.1) is 5.41 Å². The summed E-state index contributed by atoms with van der Waals surface area (Å²) in [7, 11) is 1.66. The summed E-state index contributed by atoms with van der Waals surface area (Å²) in [5.74, 6) is 0. The third-order valence-electron chi connectivity index (χ3n) is 1.72. The number of methoxy groups -OCH3 is 1. The zero-order chi connectivity index (χ0) is 11.0. The van der Waals surface area contributed by atoms with E-state index in [0.717, 1.165) is 11.1 Å². The largest absolute Gasteiger partial charge is 0.380 e. The molecule has 0 fully saturated rings. The molecule has 2 nitrogen and oxygen atoms in total. The van der Waals surface area contributed by atoms with Crippen LogP contribution in [-0.2, 0) is 11.3 Å². The van der Waals surface area contributed by atoms with E-state index in [0.29, 0.717) is 12.3 Å². The topological polar surface area (TPSA) is 33.1 Å². The molecule has 0 atom stereocenters. The Labute approximate surface area is 86.4 Å². The Kier molecular flexibility index (Phi) is 6.68. The minimum absolute atomic E-state index is 0.576. The smallest absolute Gasteiger partial charge is 0.0719 e. The van der Waals surface area contributed by atoms with Crippen molar-refractivity contribution in [1.82, 2.24) is 0 Å². The molecule has 0 bridgehead atoms. The van der Waals surface area contributed by atoms with E-state index in [1.807, 2.05) is 38.1 Å². The predicted molar refractivity (Wildman–Crippen MR) is 61.0 cm³/mol. The Bertz CT molecular complexity index is 281. The van der Waals surface area contributed by atoms with E-state index in [-0.39, 0.29) is 0 Å². The van der Waals surface area contributed by atoms with Crippen molar-refractivity contribution in [3.05, 3.63) is 35.4 Å². The highest BCUT2D eigenvalue weighted by atomic mass is 16.5. The first-order valence-corrected chi connectivity index (χ1v) is 4.88. The lowest BCUT2D eigenvalue weighted by atomic mass is 10.0. The van der Waals surface area contributed by atoms with Gasteiger partial charge in [-0.15, -0.1) is 0 Å². The number of ether oxygens (including phenoxy) is 1. The molecule has 0 heterocycles. The maximum absolute atomic E-state index is 7.50. The fourth-order valence-electron chi connectivity index (χ4n) is 1.17. The van der Waals surface area contributed by atoms with Gasteiger partial charge in [0.25, 0.3) is 0 Å². The maximum Gasteiger partial charge on any atom is 0.0719 e. The summed E-state index contributed by atoms with van der Waals surface area (Å²) in [5, 5.41) is 7.50. The third-order valence-corrected chi connectivity index (χ3v) is 1.72. The molecule has 0 aromatic heterocycles. The van der Waals surface area contributed by atoms with Gasteiger partial charge in [-0.25, -0.2) is 0 Å². The van der Waals surface area contributed by atoms with Gasteiger partial charge in [0.05, 0.1) is 6.61 Å². The number of hydrogen-bond acceptors (Lipinski definition) is 2. The molecule has 1 N–H and O–H groups in total. The molecule has 0 aliphatic carbocycles. The highest BCUT2D eigenvalue weighted by molar-refractivity contribution is 5.97. The second kappa shape index (κ2) is 7.27. The van der Waals surface area contributed by atoms with Crippen LogP contribution in [0.25, 0.3) is 0 Å². The second-order valence-electron chi connectivity index (χ2n) is 2.72. The van der Waals surface area contributed by atoms with Gasteiger partial charge in [0.15, 0.2) is 0 Å². The molecule has 14 heavy (non-hydrogen) atoms. The zero-order valence-electron chi connectivity index (χ0n) is 9.42. The molecule has 0 saturated heterocycles. The molecule has 0 spiro atoms. The first-order chi connectivity index (χ1) is 6.75. The lowest BCUT2D eigenvalue weighted by Gasteiger charge is -2.05. The van der Waals surface area contributed by atoms with Gasteiger partial charge in [-0.3, -0.25) is 0 Å². The number of rotatable bonds is 3. The summed E-state index contributed by atoms with van der Waals surface area (Å²) in [5.41, 5.74) is 2.63. The molecule has 78 valence electrons. The van der Waals surface area contributed by atoms with Crippen molar-refractivity contribution < 1.29 is 4.74 Å². The van der Waals surface area contributed by atoms with E-state index in [9.17, 15) is 0 Å². The second-order valence-corrected chi connectivity index (χ2v) is 2.72. The van der Waals surface area contributed by atoms with Gasteiger partial charge in [0, 0.05) is 18.4 Å². The van der Waals surface area contributed by atoms with Crippen LogP contribution >= 0.6 is 0 Å². The van der Waals surface area contributed by atoms with Gasteiger partial charge in [0.1, 0.15) is 0 Å². The van der Waals surface area contributed by atoms with E-state index in [2.05, 4.69) is 0 Å². The van der Waals surface area contributed by atoms with Crippen molar-refractivity contribution >= 4 is 5.71 Å². The maximum atomic E-state index is 7.50. The minimum atomic E-state index is 0.576. The van der Waals surface area contributed by atoms with E-state index < -0.39 is 0 Å². The molecule has 2 heteroatoms. The zero-order valence-corrected chi connectivity index (χ0v) is 9.42. The Morgan fingerprint density at radius 3 is 2.36 bits per heavy atom. The Morgan fingerprint density at radius 2 is 1.86 bits per heavy atom. The molecule has 0 aliphatic heterocycles. The molecule has 0 amide bonds. The van der Waals surface area contributed by atoms with Gasteiger partial charge in [-0.1, -0.05) is 38.1 Å². The van der Waals surface area contributed by atoms with Crippen LogP contribution in [-0.4, -0.2) is 12.8 Å². The summed E-state index contributed by atoms with van der Waals surface area (Å²) in [6.45, 7) is 6.36. The first-order valence-electron chi connectivity index (χ1n) is 4.88. The summed E-state index contributed by atoms with van der Waals surface area (Å²) in [6, 6.07) is 7.82. The lowest BCUT2D eigenvalue weighted by Crippen LogP contribution is -1.99. The molecular weight excluding hydrogens is 174 g/mol. The van der Waals surface area contributed by atoms with E-state index in [4.69, 9.17) is 10.1 Å². The SMILES string of the molecule is CC.COCc1ccccc1C(C)=N. The highest BCUT2D eigenvalue weighted by Gasteiger charge is 2.01. The average Bonchev–Trinajstić information content (AvgIpc) is 2.22. The molecule has 0 radical (unpaired) electrons. The fraction of sp³-hybridized carbons (Fsp3) is 0.417. The van der Waals surface area contributed by atoms with Crippen molar-refractivity contribution in [2.75, 3.05) is 7.11 Å². The Hall–Kier alpha value is -1.15. The van der Waals surface area contributed by atoms with Crippen molar-refractivity contribution in [2.24, 2.45) is 0 Å². The van der Waals surface area contributed by atoms with Gasteiger partial charge >= 0.3 is 0 Å². The Balaban J connectivity index is 0.000000791. The highest BCUT2D eigenvalue weighted by Crippen LogP contribution is 2.09. The van der Waals surface area contributed by atoms with Gasteiger partial charge in [0.2, 0.25) is 0 Å². The average molecular weight is 193 g/mol. The number of benzene rings is 1. The summed E-state index contributed by atoms with van der Waals surface area (Å²) >= 11 is 0. The summed E-state index contributed by atoms with van der Waals surface area (Å²) in [6.07, 6.45) is 0. The molecule has 0 aliphatic rings. The van der Waals surface area contributed by atoms with Crippen molar-refractivity contribution in [1.29, 1.82) is 5.41 Å². The van der Waals surface area contributed by atoms with E-state index >= 15 is 0 Å². The predicted octanol–water partition coefficient (Wildman–Crippen LogP) is 3.25. The first kappa shape index (κ1) is 12.8. The van der Waals surface area contributed by atoms with Crippen LogP contribution in [0.5, 0.6) is 0 Å². The number of nitrogens with one attached hydrogen (secondary N) is 1. The normalized spacial score (nSPS) is 8.86. The quantitative estimate of drug-likeness (QED) is 0.734. The summed E-state index contributed by atoms with van der Waals surface area (Å²) < 4.78 is 5.02. The van der Waals surface area contributed by atoms with Crippen molar-refractivity contribution in [3.63, 3.8) is 0 Å². The van der Waals surface area contributed by atoms with Gasteiger partial charge in [-0.2, -0.15) is 0 Å². The lowest BCUT2D eigenvalue weighted by molar-refractivity contribution is 0.185. The van der Waals surface area contributed by atoms with Crippen LogP contribution < -0.4 is 0 Å². The molecule has 0 unspecified atom stereocenters. The van der Waals surface area contributed by atoms with Crippen molar-refractivity contribution in [2.45, 2.75) is 27.4 Å².